The smallest absolute Gasteiger partial charge is 0.245 e. The maximum Gasteiger partial charge on any atom is 0.245 e. The van der Waals surface area contributed by atoms with Gasteiger partial charge in [-0.15, -0.1) is 0 Å². The number of nitrogens with one attached hydrogen (secondary N) is 1. The predicted molar refractivity (Wildman–Crippen MR) is 64.8 cm³/mol. The lowest BCUT2D eigenvalue weighted by Crippen LogP contribution is -2.54. The van der Waals surface area contributed by atoms with Crippen molar-refractivity contribution in [2.24, 2.45) is 0 Å². The number of carbonyl (C=O) groups excluding carboxylic acids is 1. The van der Waals surface area contributed by atoms with Crippen LogP contribution >= 0.6 is 0 Å². The van der Waals surface area contributed by atoms with Crippen LogP contribution in [0.2, 0.25) is 0 Å². The van der Waals surface area contributed by atoms with Gasteiger partial charge in [-0.05, 0) is 19.1 Å². The van der Waals surface area contributed by atoms with Crippen LogP contribution in [0.3, 0.4) is 0 Å². The summed E-state index contributed by atoms with van der Waals surface area (Å²) >= 11 is 0. The molecule has 1 fully saturated rings. The first-order valence-corrected chi connectivity index (χ1v) is 5.97. The standard InChI is InChI=1S/C12H16FN3O2/c1-2-14-12(17)9-8-18-7-6-16(9)11-5-3-4-10(13)15-11/h3-5,9H,2,6-8H2,1H3,(H,14,17). The van der Waals surface area contributed by atoms with Crippen molar-refractivity contribution in [2.45, 2.75) is 13.0 Å². The van der Waals surface area contributed by atoms with Crippen LogP contribution in [0.4, 0.5) is 10.2 Å². The SMILES string of the molecule is CCNC(=O)C1COCCN1c1cccc(F)n1. The van der Waals surface area contributed by atoms with Gasteiger partial charge in [0, 0.05) is 13.1 Å². The monoisotopic (exact) mass is 253 g/mol. The number of morpholine rings is 1. The molecular weight excluding hydrogens is 237 g/mol. The molecule has 0 aliphatic carbocycles. The second kappa shape index (κ2) is 5.77. The minimum Gasteiger partial charge on any atom is -0.377 e. The molecule has 1 unspecified atom stereocenters. The zero-order valence-corrected chi connectivity index (χ0v) is 10.2. The highest BCUT2D eigenvalue weighted by Gasteiger charge is 2.30. The third-order valence-corrected chi connectivity index (χ3v) is 2.78. The molecule has 6 heteroatoms. The number of likely N-dealkylation sites (N-methyl/N-ethyl adjacent to an activating group) is 1. The summed E-state index contributed by atoms with van der Waals surface area (Å²) in [5.74, 6) is -0.202. The van der Waals surface area contributed by atoms with Crippen LogP contribution < -0.4 is 10.2 Å². The lowest BCUT2D eigenvalue weighted by atomic mass is 10.2. The van der Waals surface area contributed by atoms with Crippen molar-refractivity contribution in [2.75, 3.05) is 31.2 Å². The predicted octanol–water partition coefficient (Wildman–Crippen LogP) is 0.562. The van der Waals surface area contributed by atoms with Crippen molar-refractivity contribution in [3.05, 3.63) is 24.1 Å². The zero-order valence-electron chi connectivity index (χ0n) is 10.2. The Bertz CT molecular complexity index is 428. The first-order valence-electron chi connectivity index (χ1n) is 5.97. The number of hydrogen-bond donors (Lipinski definition) is 1. The number of hydrogen-bond acceptors (Lipinski definition) is 4. The molecule has 18 heavy (non-hydrogen) atoms. The van der Waals surface area contributed by atoms with Gasteiger partial charge in [-0.1, -0.05) is 6.07 Å². The number of ether oxygens (including phenoxy) is 1. The Balaban J connectivity index is 2.20. The van der Waals surface area contributed by atoms with Crippen LogP contribution in [-0.2, 0) is 9.53 Å². The summed E-state index contributed by atoms with van der Waals surface area (Å²) in [7, 11) is 0. The van der Waals surface area contributed by atoms with E-state index in [9.17, 15) is 9.18 Å². The third kappa shape index (κ3) is 2.76. The molecule has 1 aromatic rings. The molecule has 1 saturated heterocycles. The minimum absolute atomic E-state index is 0.122. The van der Waals surface area contributed by atoms with E-state index in [0.29, 0.717) is 32.1 Å². The lowest BCUT2D eigenvalue weighted by Gasteiger charge is -2.35. The topological polar surface area (TPSA) is 54.5 Å². The summed E-state index contributed by atoms with van der Waals surface area (Å²) in [4.78, 5) is 17.5. The fourth-order valence-electron chi connectivity index (χ4n) is 1.94. The summed E-state index contributed by atoms with van der Waals surface area (Å²) < 4.78 is 18.4. The molecule has 0 saturated carbocycles. The van der Waals surface area contributed by atoms with Crippen LogP contribution in [0.15, 0.2) is 18.2 Å². The molecule has 1 N–H and O–H groups in total. The van der Waals surface area contributed by atoms with Gasteiger partial charge in [-0.2, -0.15) is 4.39 Å². The van der Waals surface area contributed by atoms with E-state index in [4.69, 9.17) is 4.74 Å². The molecule has 1 aliphatic heterocycles. The van der Waals surface area contributed by atoms with Crippen molar-refractivity contribution in [3.8, 4) is 0 Å². The first-order chi connectivity index (χ1) is 8.72. The summed E-state index contributed by atoms with van der Waals surface area (Å²) in [6.07, 6.45) is 0. The Morgan fingerprint density at radius 2 is 2.50 bits per heavy atom. The van der Waals surface area contributed by atoms with E-state index in [1.165, 1.54) is 6.07 Å². The van der Waals surface area contributed by atoms with Gasteiger partial charge in [0.1, 0.15) is 11.9 Å². The third-order valence-electron chi connectivity index (χ3n) is 2.78. The van der Waals surface area contributed by atoms with Crippen molar-refractivity contribution in [1.29, 1.82) is 0 Å². The molecule has 1 aliphatic rings. The normalized spacial score (nSPS) is 19.7. The van der Waals surface area contributed by atoms with E-state index in [0.717, 1.165) is 0 Å². The summed E-state index contributed by atoms with van der Waals surface area (Å²) in [5.41, 5.74) is 0. The van der Waals surface area contributed by atoms with Gasteiger partial charge in [0.15, 0.2) is 0 Å². The molecule has 0 spiro atoms. The van der Waals surface area contributed by atoms with Gasteiger partial charge in [0.05, 0.1) is 13.2 Å². The van der Waals surface area contributed by atoms with E-state index in [2.05, 4.69) is 10.3 Å². The fourth-order valence-corrected chi connectivity index (χ4v) is 1.94. The highest BCUT2D eigenvalue weighted by molar-refractivity contribution is 5.85. The van der Waals surface area contributed by atoms with Gasteiger partial charge >= 0.3 is 0 Å². The number of aromatic nitrogens is 1. The van der Waals surface area contributed by atoms with Gasteiger partial charge in [0.25, 0.3) is 0 Å². The molecule has 1 amide bonds. The van der Waals surface area contributed by atoms with Crippen LogP contribution in [-0.4, -0.2) is 43.2 Å². The molecule has 1 aromatic heterocycles. The summed E-state index contributed by atoms with van der Waals surface area (Å²) in [6.45, 7) is 3.74. The number of nitrogens with zero attached hydrogens (tertiary/aromatic N) is 2. The summed E-state index contributed by atoms with van der Waals surface area (Å²) in [5, 5.41) is 2.75. The Labute approximate surface area is 105 Å². The molecule has 0 bridgehead atoms. The molecule has 2 heterocycles. The molecule has 5 nitrogen and oxygen atoms in total. The molecule has 0 aromatic carbocycles. The number of anilines is 1. The van der Waals surface area contributed by atoms with Crippen LogP contribution in [0.25, 0.3) is 0 Å². The summed E-state index contributed by atoms with van der Waals surface area (Å²) in [6, 6.07) is 4.11. The Kier molecular flexibility index (Phi) is 4.09. The second-order valence-electron chi connectivity index (χ2n) is 4.00. The highest BCUT2D eigenvalue weighted by atomic mass is 19.1. The first kappa shape index (κ1) is 12.8. The number of amides is 1. The highest BCUT2D eigenvalue weighted by Crippen LogP contribution is 2.17. The van der Waals surface area contributed by atoms with Crippen LogP contribution in [0.5, 0.6) is 0 Å². The fraction of sp³-hybridized carbons (Fsp3) is 0.500. The second-order valence-corrected chi connectivity index (χ2v) is 4.00. The molecule has 2 rings (SSSR count). The number of rotatable bonds is 3. The average molecular weight is 253 g/mol. The Morgan fingerprint density at radius 3 is 3.22 bits per heavy atom. The Morgan fingerprint density at radius 1 is 1.67 bits per heavy atom. The molecule has 0 radical (unpaired) electrons. The van der Waals surface area contributed by atoms with Gasteiger partial charge in [-0.3, -0.25) is 4.79 Å². The number of halogens is 1. The van der Waals surface area contributed by atoms with Crippen molar-refractivity contribution >= 4 is 11.7 Å². The molecular formula is C12H16FN3O2. The minimum atomic E-state index is -0.548. The lowest BCUT2D eigenvalue weighted by molar-refractivity contribution is -0.124. The maximum atomic E-state index is 13.1. The van der Waals surface area contributed by atoms with Crippen molar-refractivity contribution in [3.63, 3.8) is 0 Å². The van der Waals surface area contributed by atoms with E-state index < -0.39 is 12.0 Å². The number of carbonyl (C=O) groups is 1. The van der Waals surface area contributed by atoms with E-state index >= 15 is 0 Å². The molecule has 98 valence electrons. The van der Waals surface area contributed by atoms with Crippen LogP contribution in [0.1, 0.15) is 6.92 Å². The average Bonchev–Trinajstić information content (AvgIpc) is 2.39. The Hall–Kier alpha value is -1.69. The van der Waals surface area contributed by atoms with Crippen molar-refractivity contribution < 1.29 is 13.9 Å². The van der Waals surface area contributed by atoms with Gasteiger partial charge < -0.3 is 15.0 Å². The van der Waals surface area contributed by atoms with Gasteiger partial charge in [-0.25, -0.2) is 4.98 Å². The largest absolute Gasteiger partial charge is 0.377 e. The number of pyridine rings is 1. The molecule has 1 atom stereocenters. The zero-order chi connectivity index (χ0) is 13.0. The van der Waals surface area contributed by atoms with E-state index in [-0.39, 0.29) is 5.91 Å². The van der Waals surface area contributed by atoms with E-state index in [1.807, 2.05) is 6.92 Å². The quantitative estimate of drug-likeness (QED) is 0.800. The van der Waals surface area contributed by atoms with Crippen molar-refractivity contribution in [1.82, 2.24) is 10.3 Å². The maximum absolute atomic E-state index is 13.1. The van der Waals surface area contributed by atoms with E-state index in [1.54, 1.807) is 17.0 Å². The van der Waals surface area contributed by atoms with Crippen LogP contribution in [0, 0.1) is 5.95 Å². The van der Waals surface area contributed by atoms with Gasteiger partial charge in [0.2, 0.25) is 11.9 Å².